The minimum Gasteiger partial charge on any atom is -0.497 e. The first-order valence-electron chi connectivity index (χ1n) is 9.22. The van der Waals surface area contributed by atoms with Crippen LogP contribution in [0.2, 0.25) is 0 Å². The van der Waals surface area contributed by atoms with E-state index in [1.165, 1.54) is 18.9 Å². The lowest BCUT2D eigenvalue weighted by Crippen LogP contribution is -2.41. The van der Waals surface area contributed by atoms with Crippen LogP contribution in [0, 0.1) is 6.92 Å². The van der Waals surface area contributed by atoms with E-state index >= 15 is 0 Å². The summed E-state index contributed by atoms with van der Waals surface area (Å²) in [5.74, 6) is -0.613. The predicted octanol–water partition coefficient (Wildman–Crippen LogP) is 2.57. The molecule has 0 aliphatic carbocycles. The van der Waals surface area contributed by atoms with E-state index in [-0.39, 0.29) is 18.9 Å². The Morgan fingerprint density at radius 2 is 1.66 bits per heavy atom. The van der Waals surface area contributed by atoms with E-state index < -0.39 is 18.0 Å². The second kappa shape index (κ2) is 10.3. The maximum absolute atomic E-state index is 12.4. The summed E-state index contributed by atoms with van der Waals surface area (Å²) in [6.45, 7) is 3.30. The second-order valence-electron chi connectivity index (χ2n) is 6.77. The number of ether oxygens (including phenoxy) is 2. The van der Waals surface area contributed by atoms with Gasteiger partial charge in [0.2, 0.25) is 5.91 Å². The molecule has 0 fully saturated rings. The van der Waals surface area contributed by atoms with Gasteiger partial charge in [-0.1, -0.05) is 29.8 Å². The summed E-state index contributed by atoms with van der Waals surface area (Å²) in [6, 6.07) is 14.4. The fraction of sp³-hybridized carbons (Fsp3) is 0.318. The van der Waals surface area contributed by atoms with Crippen molar-refractivity contribution in [2.24, 2.45) is 0 Å². The van der Waals surface area contributed by atoms with Crippen LogP contribution in [-0.2, 0) is 25.5 Å². The Labute approximate surface area is 170 Å². The van der Waals surface area contributed by atoms with Crippen molar-refractivity contribution in [2.45, 2.75) is 26.4 Å². The first-order valence-corrected chi connectivity index (χ1v) is 9.22. The van der Waals surface area contributed by atoms with Crippen LogP contribution in [0.4, 0.5) is 5.69 Å². The third kappa shape index (κ3) is 6.95. The fourth-order valence-electron chi connectivity index (χ4n) is 2.64. The number of hydrogen-bond acceptors (Lipinski definition) is 5. The molecule has 7 nitrogen and oxygen atoms in total. The topological polar surface area (TPSA) is 84.9 Å². The number of nitrogens with zero attached hydrogens (tertiary/aromatic N) is 1. The number of carbonyl (C=O) groups excluding carboxylic acids is 3. The van der Waals surface area contributed by atoms with Gasteiger partial charge in [0.15, 0.2) is 6.10 Å². The molecule has 0 saturated carbocycles. The molecule has 0 aliphatic heterocycles. The Morgan fingerprint density at radius 3 is 2.24 bits per heavy atom. The van der Waals surface area contributed by atoms with E-state index in [9.17, 15) is 14.4 Å². The molecule has 2 aromatic rings. The highest BCUT2D eigenvalue weighted by molar-refractivity contribution is 5.95. The smallest absolute Gasteiger partial charge is 0.311 e. The first-order chi connectivity index (χ1) is 13.8. The Kier molecular flexibility index (Phi) is 7.77. The maximum atomic E-state index is 12.4. The number of amides is 2. The number of rotatable bonds is 8. The molecule has 0 spiro atoms. The van der Waals surface area contributed by atoms with Gasteiger partial charge in [-0.05, 0) is 43.7 Å². The molecule has 1 N–H and O–H groups in total. The Balaban J connectivity index is 1.81. The Morgan fingerprint density at radius 1 is 1.03 bits per heavy atom. The molecule has 0 radical (unpaired) electrons. The highest BCUT2D eigenvalue weighted by Crippen LogP contribution is 2.13. The van der Waals surface area contributed by atoms with Crippen molar-refractivity contribution < 1.29 is 23.9 Å². The van der Waals surface area contributed by atoms with Gasteiger partial charge in [-0.3, -0.25) is 14.4 Å². The molecule has 2 amide bonds. The number of methoxy groups -OCH3 is 1. The molecular formula is C22H26N2O5. The lowest BCUT2D eigenvalue weighted by atomic mass is 10.1. The van der Waals surface area contributed by atoms with Crippen LogP contribution in [0.3, 0.4) is 0 Å². The first kappa shape index (κ1) is 21.9. The zero-order valence-corrected chi connectivity index (χ0v) is 17.1. The molecule has 0 saturated heterocycles. The fourth-order valence-corrected chi connectivity index (χ4v) is 2.64. The highest BCUT2D eigenvalue weighted by atomic mass is 16.5. The van der Waals surface area contributed by atoms with Gasteiger partial charge in [-0.25, -0.2) is 0 Å². The number of anilines is 1. The van der Waals surface area contributed by atoms with Crippen LogP contribution in [-0.4, -0.2) is 49.5 Å². The van der Waals surface area contributed by atoms with E-state index in [1.54, 1.807) is 43.5 Å². The number of likely N-dealkylation sites (N-methyl/N-ethyl adjacent to an activating group) is 1. The Hall–Kier alpha value is -3.35. The third-order valence-corrected chi connectivity index (χ3v) is 4.26. The molecule has 29 heavy (non-hydrogen) atoms. The third-order valence-electron chi connectivity index (χ3n) is 4.26. The van der Waals surface area contributed by atoms with E-state index in [0.29, 0.717) is 11.4 Å². The molecule has 154 valence electrons. The van der Waals surface area contributed by atoms with Gasteiger partial charge in [0, 0.05) is 12.7 Å². The van der Waals surface area contributed by atoms with Crippen LogP contribution < -0.4 is 10.1 Å². The summed E-state index contributed by atoms with van der Waals surface area (Å²) in [6.07, 6.45) is -0.947. The highest BCUT2D eigenvalue weighted by Gasteiger charge is 2.23. The molecule has 0 unspecified atom stereocenters. The Bertz CT molecular complexity index is 847. The van der Waals surface area contributed by atoms with E-state index in [1.807, 2.05) is 19.1 Å². The van der Waals surface area contributed by atoms with Crippen molar-refractivity contribution in [3.8, 4) is 5.75 Å². The van der Waals surface area contributed by atoms with Crippen molar-refractivity contribution in [2.75, 3.05) is 26.0 Å². The van der Waals surface area contributed by atoms with Crippen molar-refractivity contribution in [1.29, 1.82) is 0 Å². The van der Waals surface area contributed by atoms with Gasteiger partial charge in [-0.2, -0.15) is 0 Å². The molecule has 7 heteroatoms. The van der Waals surface area contributed by atoms with Gasteiger partial charge >= 0.3 is 5.97 Å². The van der Waals surface area contributed by atoms with E-state index in [4.69, 9.17) is 9.47 Å². The number of aryl methyl sites for hydroxylation is 1. The normalized spacial score (nSPS) is 11.3. The zero-order chi connectivity index (χ0) is 21.4. The van der Waals surface area contributed by atoms with Gasteiger partial charge in [0.25, 0.3) is 5.91 Å². The quantitative estimate of drug-likeness (QED) is 0.691. The second-order valence-corrected chi connectivity index (χ2v) is 6.77. The van der Waals surface area contributed by atoms with Gasteiger partial charge in [-0.15, -0.1) is 0 Å². The van der Waals surface area contributed by atoms with E-state index in [0.717, 1.165) is 11.1 Å². The van der Waals surface area contributed by atoms with E-state index in [2.05, 4.69) is 5.32 Å². The minimum absolute atomic E-state index is 0.0409. The molecule has 0 aromatic heterocycles. The van der Waals surface area contributed by atoms with Crippen molar-refractivity contribution in [3.63, 3.8) is 0 Å². The van der Waals surface area contributed by atoms with Gasteiger partial charge in [0.05, 0.1) is 20.1 Å². The average Bonchev–Trinajstić information content (AvgIpc) is 2.69. The number of nitrogens with one attached hydrogen (secondary N) is 1. The molecule has 0 bridgehead atoms. The number of esters is 1. The molecular weight excluding hydrogens is 372 g/mol. The molecule has 2 rings (SSSR count). The zero-order valence-electron chi connectivity index (χ0n) is 17.1. The van der Waals surface area contributed by atoms with Crippen molar-refractivity contribution in [3.05, 3.63) is 59.7 Å². The predicted molar refractivity (Wildman–Crippen MR) is 110 cm³/mol. The van der Waals surface area contributed by atoms with Crippen LogP contribution in [0.5, 0.6) is 5.75 Å². The largest absolute Gasteiger partial charge is 0.497 e. The lowest BCUT2D eigenvalue weighted by molar-refractivity contribution is -0.158. The van der Waals surface area contributed by atoms with Crippen LogP contribution >= 0.6 is 0 Å². The van der Waals surface area contributed by atoms with Gasteiger partial charge < -0.3 is 19.7 Å². The average molecular weight is 398 g/mol. The number of carbonyl (C=O) groups is 3. The summed E-state index contributed by atoms with van der Waals surface area (Å²) < 4.78 is 10.3. The van der Waals surface area contributed by atoms with Gasteiger partial charge in [0.1, 0.15) is 5.75 Å². The molecule has 1 atom stereocenters. The summed E-state index contributed by atoms with van der Waals surface area (Å²) in [5, 5.41) is 2.73. The van der Waals surface area contributed by atoms with Crippen LogP contribution in [0.25, 0.3) is 0 Å². The standard InChI is InChI=1S/C22H26N2O5/c1-15-5-9-18(10-6-15)23-20(25)14-24(3)22(27)16(2)29-21(26)13-17-7-11-19(28-4)12-8-17/h5-12,16H,13-14H2,1-4H3,(H,23,25)/t16-/m0/s1. The maximum Gasteiger partial charge on any atom is 0.311 e. The summed E-state index contributed by atoms with van der Waals surface area (Å²) >= 11 is 0. The molecule has 0 heterocycles. The summed E-state index contributed by atoms with van der Waals surface area (Å²) in [7, 11) is 3.05. The van der Waals surface area contributed by atoms with Crippen molar-refractivity contribution in [1.82, 2.24) is 4.90 Å². The molecule has 2 aromatic carbocycles. The summed E-state index contributed by atoms with van der Waals surface area (Å²) in [5.41, 5.74) is 2.49. The monoisotopic (exact) mass is 398 g/mol. The minimum atomic E-state index is -0.988. The lowest BCUT2D eigenvalue weighted by Gasteiger charge is -2.21. The van der Waals surface area contributed by atoms with Crippen molar-refractivity contribution >= 4 is 23.5 Å². The number of hydrogen-bond donors (Lipinski definition) is 1. The molecule has 0 aliphatic rings. The SMILES string of the molecule is COc1ccc(CC(=O)O[C@@H](C)C(=O)N(C)CC(=O)Nc2ccc(C)cc2)cc1. The van der Waals surface area contributed by atoms with Crippen LogP contribution in [0.1, 0.15) is 18.1 Å². The summed E-state index contributed by atoms with van der Waals surface area (Å²) in [4.78, 5) is 37.8. The van der Waals surface area contributed by atoms with Crippen LogP contribution in [0.15, 0.2) is 48.5 Å². The number of benzene rings is 2.